The SMILES string of the molecule is O=C(C[C@H]1CCCO1)Nc1ccc(CN2C(=O)Cc3ccc(Cl)cc32)cc1. The van der Waals surface area contributed by atoms with E-state index in [0.717, 1.165) is 42.0 Å². The molecule has 0 saturated carbocycles. The van der Waals surface area contributed by atoms with E-state index in [1.54, 1.807) is 4.90 Å². The molecule has 2 aliphatic rings. The highest BCUT2D eigenvalue weighted by molar-refractivity contribution is 6.31. The first kappa shape index (κ1) is 18.0. The number of ether oxygens (including phenoxy) is 1. The molecule has 0 aromatic heterocycles. The Hall–Kier alpha value is -2.37. The summed E-state index contributed by atoms with van der Waals surface area (Å²) >= 11 is 6.08. The molecule has 1 N–H and O–H groups in total. The summed E-state index contributed by atoms with van der Waals surface area (Å²) in [5, 5.41) is 3.53. The maximum atomic E-state index is 12.3. The van der Waals surface area contributed by atoms with Crippen LogP contribution in [-0.4, -0.2) is 24.5 Å². The van der Waals surface area contributed by atoms with E-state index < -0.39 is 0 Å². The predicted molar refractivity (Wildman–Crippen MR) is 105 cm³/mol. The molecule has 2 aromatic rings. The van der Waals surface area contributed by atoms with Crippen LogP contribution >= 0.6 is 11.6 Å². The van der Waals surface area contributed by atoms with Gasteiger partial charge in [0.15, 0.2) is 0 Å². The number of hydrogen-bond donors (Lipinski definition) is 1. The lowest BCUT2D eigenvalue weighted by molar-refractivity contribution is -0.118. The molecular weight excluding hydrogens is 364 g/mol. The zero-order valence-corrected chi connectivity index (χ0v) is 15.7. The molecule has 2 aliphatic heterocycles. The second-order valence-corrected chi connectivity index (χ2v) is 7.45. The molecule has 140 valence electrons. The fraction of sp³-hybridized carbons (Fsp3) is 0.333. The molecule has 0 radical (unpaired) electrons. The minimum atomic E-state index is -0.0343. The van der Waals surface area contributed by atoms with E-state index >= 15 is 0 Å². The first-order valence-electron chi connectivity index (χ1n) is 9.18. The summed E-state index contributed by atoms with van der Waals surface area (Å²) in [6.07, 6.45) is 2.81. The Morgan fingerprint density at radius 1 is 1.22 bits per heavy atom. The van der Waals surface area contributed by atoms with Crippen molar-refractivity contribution < 1.29 is 14.3 Å². The minimum Gasteiger partial charge on any atom is -0.378 e. The molecule has 27 heavy (non-hydrogen) atoms. The van der Waals surface area contributed by atoms with E-state index in [1.165, 1.54) is 0 Å². The van der Waals surface area contributed by atoms with Crippen LogP contribution in [0, 0.1) is 0 Å². The Balaban J connectivity index is 1.39. The number of carbonyl (C=O) groups is 2. The number of hydrogen-bond acceptors (Lipinski definition) is 3. The van der Waals surface area contributed by atoms with Crippen molar-refractivity contribution in [1.82, 2.24) is 0 Å². The van der Waals surface area contributed by atoms with Crippen molar-refractivity contribution in [2.45, 2.75) is 38.3 Å². The number of halogens is 1. The number of fused-ring (bicyclic) bond motifs is 1. The lowest BCUT2D eigenvalue weighted by Crippen LogP contribution is -2.26. The van der Waals surface area contributed by atoms with Gasteiger partial charge in [0, 0.05) is 23.0 Å². The van der Waals surface area contributed by atoms with Crippen LogP contribution in [0.1, 0.15) is 30.4 Å². The molecule has 2 aromatic carbocycles. The van der Waals surface area contributed by atoms with Crippen LogP contribution in [0.3, 0.4) is 0 Å². The van der Waals surface area contributed by atoms with Gasteiger partial charge in [0.2, 0.25) is 11.8 Å². The molecule has 2 heterocycles. The lowest BCUT2D eigenvalue weighted by atomic mass is 10.1. The topological polar surface area (TPSA) is 58.6 Å². The molecule has 1 atom stereocenters. The minimum absolute atomic E-state index is 0.0343. The third kappa shape index (κ3) is 4.15. The zero-order valence-electron chi connectivity index (χ0n) is 14.9. The second kappa shape index (κ2) is 7.71. The van der Waals surface area contributed by atoms with Gasteiger partial charge in [-0.2, -0.15) is 0 Å². The first-order valence-corrected chi connectivity index (χ1v) is 9.55. The van der Waals surface area contributed by atoms with Crippen molar-refractivity contribution in [3.05, 3.63) is 58.6 Å². The summed E-state index contributed by atoms with van der Waals surface area (Å²) in [5.41, 5.74) is 3.62. The van der Waals surface area contributed by atoms with Gasteiger partial charge in [-0.05, 0) is 48.2 Å². The maximum Gasteiger partial charge on any atom is 0.231 e. The van der Waals surface area contributed by atoms with Crippen LogP contribution in [-0.2, 0) is 27.3 Å². The number of rotatable bonds is 5. The van der Waals surface area contributed by atoms with Crippen molar-refractivity contribution in [2.75, 3.05) is 16.8 Å². The van der Waals surface area contributed by atoms with Gasteiger partial charge in [0.1, 0.15) is 0 Å². The Morgan fingerprint density at radius 3 is 2.78 bits per heavy atom. The molecular formula is C21H21ClN2O3. The van der Waals surface area contributed by atoms with Gasteiger partial charge in [0.25, 0.3) is 0 Å². The Morgan fingerprint density at radius 2 is 2.04 bits per heavy atom. The van der Waals surface area contributed by atoms with Crippen molar-refractivity contribution in [3.63, 3.8) is 0 Å². The predicted octanol–water partition coefficient (Wildman–Crippen LogP) is 3.94. The zero-order chi connectivity index (χ0) is 18.8. The highest BCUT2D eigenvalue weighted by atomic mass is 35.5. The monoisotopic (exact) mass is 384 g/mol. The number of amides is 2. The summed E-state index contributed by atoms with van der Waals surface area (Å²) in [4.78, 5) is 26.2. The fourth-order valence-corrected chi connectivity index (χ4v) is 3.77. The molecule has 0 unspecified atom stereocenters. The van der Waals surface area contributed by atoms with Crippen LogP contribution in [0.5, 0.6) is 0 Å². The van der Waals surface area contributed by atoms with E-state index in [-0.39, 0.29) is 17.9 Å². The van der Waals surface area contributed by atoms with E-state index in [9.17, 15) is 9.59 Å². The smallest absolute Gasteiger partial charge is 0.231 e. The van der Waals surface area contributed by atoms with Gasteiger partial charge in [0.05, 0.1) is 25.5 Å². The van der Waals surface area contributed by atoms with E-state index in [1.807, 2.05) is 42.5 Å². The Kier molecular flexibility index (Phi) is 5.14. The quantitative estimate of drug-likeness (QED) is 0.849. The summed E-state index contributed by atoms with van der Waals surface area (Å²) in [5.74, 6) is 0.0362. The maximum absolute atomic E-state index is 12.3. The number of carbonyl (C=O) groups excluding carboxylic acids is 2. The molecule has 5 nitrogen and oxygen atoms in total. The van der Waals surface area contributed by atoms with E-state index in [2.05, 4.69) is 5.32 Å². The van der Waals surface area contributed by atoms with Crippen LogP contribution in [0.4, 0.5) is 11.4 Å². The van der Waals surface area contributed by atoms with Gasteiger partial charge in [-0.15, -0.1) is 0 Å². The lowest BCUT2D eigenvalue weighted by Gasteiger charge is -2.18. The van der Waals surface area contributed by atoms with Crippen LogP contribution in [0.15, 0.2) is 42.5 Å². The fourth-order valence-electron chi connectivity index (χ4n) is 3.60. The van der Waals surface area contributed by atoms with Crippen LogP contribution in [0.25, 0.3) is 0 Å². The molecule has 4 rings (SSSR count). The average molecular weight is 385 g/mol. The van der Waals surface area contributed by atoms with Gasteiger partial charge in [-0.3, -0.25) is 9.59 Å². The highest BCUT2D eigenvalue weighted by Gasteiger charge is 2.27. The third-order valence-electron chi connectivity index (χ3n) is 5.00. The molecule has 1 saturated heterocycles. The van der Waals surface area contributed by atoms with Gasteiger partial charge >= 0.3 is 0 Å². The van der Waals surface area contributed by atoms with Crippen molar-refractivity contribution in [2.24, 2.45) is 0 Å². The molecule has 0 aliphatic carbocycles. The molecule has 6 heteroatoms. The Bertz CT molecular complexity index is 860. The molecule has 0 bridgehead atoms. The highest BCUT2D eigenvalue weighted by Crippen LogP contribution is 2.32. The van der Waals surface area contributed by atoms with Crippen molar-refractivity contribution in [1.29, 1.82) is 0 Å². The molecule has 2 amide bonds. The van der Waals surface area contributed by atoms with Crippen LogP contribution < -0.4 is 10.2 Å². The standard InChI is InChI=1S/C21H21ClN2O3/c22-16-6-5-15-10-21(26)24(19(15)11-16)13-14-3-7-17(8-4-14)23-20(25)12-18-2-1-9-27-18/h3-8,11,18H,1-2,9-10,12-13H2,(H,23,25)/t18-/m1/s1. The number of nitrogens with zero attached hydrogens (tertiary/aromatic N) is 1. The Labute approximate surface area is 163 Å². The summed E-state index contributed by atoms with van der Waals surface area (Å²) in [6, 6.07) is 13.1. The number of nitrogens with one attached hydrogen (secondary N) is 1. The normalized spacial score (nSPS) is 18.6. The van der Waals surface area contributed by atoms with Gasteiger partial charge in [-0.25, -0.2) is 0 Å². The first-order chi connectivity index (χ1) is 13.1. The molecule has 0 spiro atoms. The summed E-state index contributed by atoms with van der Waals surface area (Å²) in [7, 11) is 0. The van der Waals surface area contributed by atoms with Gasteiger partial charge < -0.3 is 15.0 Å². The number of benzene rings is 2. The second-order valence-electron chi connectivity index (χ2n) is 7.01. The van der Waals surface area contributed by atoms with Crippen molar-refractivity contribution in [3.8, 4) is 0 Å². The number of anilines is 2. The van der Waals surface area contributed by atoms with Gasteiger partial charge in [-0.1, -0.05) is 29.8 Å². The summed E-state index contributed by atoms with van der Waals surface area (Å²) < 4.78 is 5.49. The van der Waals surface area contributed by atoms with Crippen LogP contribution in [0.2, 0.25) is 5.02 Å². The summed E-state index contributed by atoms with van der Waals surface area (Å²) in [6.45, 7) is 1.23. The largest absolute Gasteiger partial charge is 0.378 e. The average Bonchev–Trinajstić information content (AvgIpc) is 3.25. The molecule has 1 fully saturated rings. The van der Waals surface area contributed by atoms with E-state index in [0.29, 0.717) is 24.4 Å². The third-order valence-corrected chi connectivity index (χ3v) is 5.23. The van der Waals surface area contributed by atoms with Crippen molar-refractivity contribution >= 4 is 34.8 Å². The van der Waals surface area contributed by atoms with E-state index in [4.69, 9.17) is 16.3 Å².